The third-order valence-electron chi connectivity index (χ3n) is 5.42. The molecule has 1 aromatic carbocycles. The highest BCUT2D eigenvalue weighted by molar-refractivity contribution is 9.10. The highest BCUT2D eigenvalue weighted by Crippen LogP contribution is 2.44. The summed E-state index contributed by atoms with van der Waals surface area (Å²) in [5, 5.41) is 7.32. The first-order valence-electron chi connectivity index (χ1n) is 11.0. The number of hydrogen-bond donors (Lipinski definition) is 2. The fraction of sp³-hybridized carbons (Fsp3) is 0.120. The lowest BCUT2D eigenvalue weighted by Crippen LogP contribution is -2.17. The van der Waals surface area contributed by atoms with Gasteiger partial charge in [-0.2, -0.15) is 5.10 Å². The molecule has 4 aromatic heterocycles. The number of carbonyl (C=O) groups excluding carboxylic acids is 2. The molecule has 0 aliphatic heterocycles. The topological polar surface area (TPSA) is 112 Å². The van der Waals surface area contributed by atoms with Crippen LogP contribution in [0.5, 0.6) is 5.75 Å². The number of nitrogens with zero attached hydrogens (tertiary/aromatic N) is 3. The lowest BCUT2D eigenvalue weighted by Gasteiger charge is -2.09. The van der Waals surface area contributed by atoms with Crippen LogP contribution in [0.25, 0.3) is 20.7 Å². The summed E-state index contributed by atoms with van der Waals surface area (Å²) in [7, 11) is 0. The monoisotopic (exact) mass is 617 g/mol. The van der Waals surface area contributed by atoms with Gasteiger partial charge in [0.15, 0.2) is 12.4 Å². The molecular formula is C25H18BrF2N5O3S2. The number of nitrogens with two attached hydrogens (primary N) is 1. The van der Waals surface area contributed by atoms with Crippen LogP contribution < -0.4 is 15.8 Å². The van der Waals surface area contributed by atoms with Crippen molar-refractivity contribution in [3.8, 4) is 16.2 Å². The number of pyridine rings is 1. The van der Waals surface area contributed by atoms with E-state index in [9.17, 15) is 18.4 Å². The Kier molecular flexibility index (Phi) is 7.23. The van der Waals surface area contributed by atoms with Crippen LogP contribution in [-0.4, -0.2) is 26.6 Å². The van der Waals surface area contributed by atoms with Gasteiger partial charge in [-0.25, -0.2) is 18.4 Å². The Morgan fingerprint density at radius 1 is 1.16 bits per heavy atom. The summed E-state index contributed by atoms with van der Waals surface area (Å²) < 4.78 is 35.3. The molecule has 0 fully saturated rings. The third-order valence-corrected chi connectivity index (χ3v) is 8.08. The van der Waals surface area contributed by atoms with E-state index in [2.05, 4.69) is 31.3 Å². The van der Waals surface area contributed by atoms with Crippen LogP contribution in [0.4, 0.5) is 14.5 Å². The average molecular weight is 618 g/mol. The zero-order chi connectivity index (χ0) is 27.0. The summed E-state index contributed by atoms with van der Waals surface area (Å²) in [5.74, 6) is -0.804. The molecule has 0 unspecified atom stereocenters. The lowest BCUT2D eigenvalue weighted by molar-refractivity contribution is 0.100. The van der Waals surface area contributed by atoms with Crippen molar-refractivity contribution in [2.75, 3.05) is 5.32 Å². The summed E-state index contributed by atoms with van der Waals surface area (Å²) in [6, 6.07) is 13.7. The van der Waals surface area contributed by atoms with Crippen LogP contribution in [0, 0.1) is 6.92 Å². The number of anilines is 1. The fourth-order valence-electron chi connectivity index (χ4n) is 3.70. The van der Waals surface area contributed by atoms with E-state index >= 15 is 0 Å². The van der Waals surface area contributed by atoms with Gasteiger partial charge in [0.05, 0.1) is 5.69 Å². The highest BCUT2D eigenvalue weighted by Gasteiger charge is 2.26. The Balaban J connectivity index is 1.48. The van der Waals surface area contributed by atoms with Crippen molar-refractivity contribution in [1.82, 2.24) is 14.8 Å². The molecule has 4 heterocycles. The molecule has 0 saturated carbocycles. The number of primary amides is 1. The second-order valence-electron chi connectivity index (χ2n) is 8.08. The molecule has 0 aliphatic carbocycles. The maximum absolute atomic E-state index is 13.6. The number of benzene rings is 1. The number of halogens is 3. The Morgan fingerprint density at radius 2 is 1.92 bits per heavy atom. The summed E-state index contributed by atoms with van der Waals surface area (Å²) >= 11 is 5.61. The molecule has 0 aliphatic rings. The maximum atomic E-state index is 13.6. The van der Waals surface area contributed by atoms with E-state index in [0.717, 1.165) is 20.7 Å². The third kappa shape index (κ3) is 5.30. The standard InChI is InChI=1S/C25H18BrF2N5O3S2/c1-12-2-7-18(37-12)15-10-17(22(27)28)30-25-19(15)20(21(38-25)23(29)34)31-24(35)16-8-9-33(32-16)11-36-14-5-3-13(26)4-6-14/h2-10,22H,11H2,1H3,(H2,29,34)(H,31,35). The van der Waals surface area contributed by atoms with Gasteiger partial charge in [-0.1, -0.05) is 15.9 Å². The Hall–Kier alpha value is -3.68. The van der Waals surface area contributed by atoms with E-state index in [1.165, 1.54) is 28.2 Å². The van der Waals surface area contributed by atoms with Gasteiger partial charge in [0.2, 0.25) is 0 Å². The molecule has 2 amide bonds. The molecule has 38 heavy (non-hydrogen) atoms. The van der Waals surface area contributed by atoms with E-state index in [4.69, 9.17) is 10.5 Å². The SMILES string of the molecule is Cc1ccc(-c2cc(C(F)F)nc3sc(C(N)=O)c(NC(=O)c4ccn(COc5ccc(Br)cc5)n4)c23)s1. The number of carbonyl (C=O) groups is 2. The molecule has 8 nitrogen and oxygen atoms in total. The van der Waals surface area contributed by atoms with Crippen molar-refractivity contribution >= 4 is 66.3 Å². The van der Waals surface area contributed by atoms with Gasteiger partial charge < -0.3 is 15.8 Å². The quantitative estimate of drug-likeness (QED) is 0.203. The van der Waals surface area contributed by atoms with Crippen molar-refractivity contribution in [3.63, 3.8) is 0 Å². The van der Waals surface area contributed by atoms with Gasteiger partial charge in [0.25, 0.3) is 18.2 Å². The summed E-state index contributed by atoms with van der Waals surface area (Å²) in [5.41, 5.74) is 5.76. The zero-order valence-corrected chi connectivity index (χ0v) is 22.8. The van der Waals surface area contributed by atoms with Crippen LogP contribution in [0.1, 0.15) is 37.2 Å². The van der Waals surface area contributed by atoms with Gasteiger partial charge in [0, 0.05) is 31.4 Å². The van der Waals surface area contributed by atoms with Crippen molar-refractivity contribution in [1.29, 1.82) is 0 Å². The van der Waals surface area contributed by atoms with E-state index in [1.807, 2.05) is 25.1 Å². The van der Waals surface area contributed by atoms with Gasteiger partial charge in [-0.3, -0.25) is 9.59 Å². The molecule has 5 aromatic rings. The van der Waals surface area contributed by atoms with E-state index in [0.29, 0.717) is 21.6 Å². The number of hydrogen-bond acceptors (Lipinski definition) is 7. The second kappa shape index (κ2) is 10.6. The molecule has 0 bridgehead atoms. The number of aryl methyl sites for hydroxylation is 1. The minimum absolute atomic E-state index is 0.000186. The van der Waals surface area contributed by atoms with Gasteiger partial charge in [-0.05, 0) is 55.5 Å². The smallest absolute Gasteiger partial charge is 0.280 e. The van der Waals surface area contributed by atoms with Crippen LogP contribution in [-0.2, 0) is 6.73 Å². The summed E-state index contributed by atoms with van der Waals surface area (Å²) in [6.45, 7) is 1.95. The molecule has 0 spiro atoms. The Labute approximate surface area is 231 Å². The summed E-state index contributed by atoms with van der Waals surface area (Å²) in [4.78, 5) is 31.3. The highest BCUT2D eigenvalue weighted by atomic mass is 79.9. The number of aromatic nitrogens is 3. The molecule has 5 rings (SSSR count). The van der Waals surface area contributed by atoms with Gasteiger partial charge >= 0.3 is 0 Å². The number of rotatable bonds is 8. The van der Waals surface area contributed by atoms with E-state index in [1.54, 1.807) is 24.4 Å². The van der Waals surface area contributed by atoms with Crippen molar-refractivity contribution in [2.45, 2.75) is 20.1 Å². The number of thiophene rings is 2. The van der Waals surface area contributed by atoms with Crippen molar-refractivity contribution < 1.29 is 23.1 Å². The minimum Gasteiger partial charge on any atom is -0.471 e. The van der Waals surface area contributed by atoms with Crippen LogP contribution in [0.2, 0.25) is 0 Å². The van der Waals surface area contributed by atoms with E-state index in [-0.39, 0.29) is 27.8 Å². The molecular weight excluding hydrogens is 600 g/mol. The van der Waals surface area contributed by atoms with E-state index < -0.39 is 23.9 Å². The molecule has 3 N–H and O–H groups in total. The number of nitrogens with one attached hydrogen (secondary N) is 1. The molecule has 0 radical (unpaired) electrons. The average Bonchev–Trinajstić information content (AvgIpc) is 3.62. The molecule has 0 atom stereocenters. The number of alkyl halides is 2. The predicted molar refractivity (Wildman–Crippen MR) is 146 cm³/mol. The Bertz CT molecular complexity index is 1660. The fourth-order valence-corrected chi connectivity index (χ4v) is 5.87. The van der Waals surface area contributed by atoms with Gasteiger partial charge in [0.1, 0.15) is 21.2 Å². The normalized spacial score (nSPS) is 11.3. The number of fused-ring (bicyclic) bond motifs is 1. The maximum Gasteiger partial charge on any atom is 0.280 e. The second-order valence-corrected chi connectivity index (χ2v) is 11.3. The molecule has 194 valence electrons. The van der Waals surface area contributed by atoms with Crippen LogP contribution >= 0.6 is 38.6 Å². The largest absolute Gasteiger partial charge is 0.471 e. The lowest BCUT2D eigenvalue weighted by atomic mass is 10.1. The predicted octanol–water partition coefficient (Wildman–Crippen LogP) is 6.62. The first-order chi connectivity index (χ1) is 18.2. The first-order valence-corrected chi connectivity index (χ1v) is 13.5. The number of ether oxygens (including phenoxy) is 1. The number of amides is 2. The van der Waals surface area contributed by atoms with Crippen LogP contribution in [0.15, 0.2) is 59.2 Å². The van der Waals surface area contributed by atoms with Crippen LogP contribution in [0.3, 0.4) is 0 Å². The zero-order valence-electron chi connectivity index (χ0n) is 19.6. The van der Waals surface area contributed by atoms with Gasteiger partial charge in [-0.15, -0.1) is 22.7 Å². The van der Waals surface area contributed by atoms with Crippen molar-refractivity contribution in [2.24, 2.45) is 5.73 Å². The first kappa shape index (κ1) is 25.9. The molecule has 0 saturated heterocycles. The Morgan fingerprint density at radius 3 is 2.58 bits per heavy atom. The molecule has 13 heteroatoms. The van der Waals surface area contributed by atoms with Crippen molar-refractivity contribution in [3.05, 3.63) is 80.3 Å². The minimum atomic E-state index is -2.82. The summed E-state index contributed by atoms with van der Waals surface area (Å²) in [6.07, 6.45) is -1.25.